The van der Waals surface area contributed by atoms with Gasteiger partial charge in [-0.1, -0.05) is 34.1 Å². The van der Waals surface area contributed by atoms with E-state index in [2.05, 4.69) is 33.4 Å². The molecular weight excluding hydrogens is 366 g/mol. The number of aryl methyl sites for hydroxylation is 2. The molecule has 24 heavy (non-hydrogen) atoms. The molecule has 0 atom stereocenters. The van der Waals surface area contributed by atoms with Crippen LogP contribution in [0.25, 0.3) is 0 Å². The number of rotatable bonds is 6. The van der Waals surface area contributed by atoms with Crippen molar-refractivity contribution in [3.8, 4) is 5.75 Å². The van der Waals surface area contributed by atoms with Crippen molar-refractivity contribution in [2.24, 2.45) is 0 Å². The number of nitrogens with one attached hydrogen (secondary N) is 1. The number of carbonyl (C=O) groups excluding carboxylic acids is 1. The standard InChI is InChI=1S/C20H22BrNO2/c21-18-7-3-4-15(12-18)13-20(23)22-10-11-24-19-9-8-16-5-1-2-6-17(16)14-19/h3-4,7-9,12,14H,1-2,5-6,10-11,13H2,(H,22,23). The average Bonchev–Trinajstić information content (AvgIpc) is 2.58. The molecule has 1 amide bonds. The van der Waals surface area contributed by atoms with Gasteiger partial charge in [0.1, 0.15) is 12.4 Å². The van der Waals surface area contributed by atoms with Gasteiger partial charge in [-0.3, -0.25) is 4.79 Å². The van der Waals surface area contributed by atoms with Crippen LogP contribution < -0.4 is 10.1 Å². The molecule has 1 aliphatic rings. The van der Waals surface area contributed by atoms with E-state index in [0.717, 1.165) is 22.2 Å². The third-order valence-electron chi connectivity index (χ3n) is 4.27. The topological polar surface area (TPSA) is 38.3 Å². The van der Waals surface area contributed by atoms with E-state index in [0.29, 0.717) is 19.6 Å². The van der Waals surface area contributed by atoms with Gasteiger partial charge in [-0.25, -0.2) is 0 Å². The summed E-state index contributed by atoms with van der Waals surface area (Å²) in [6.07, 6.45) is 5.27. The maximum Gasteiger partial charge on any atom is 0.224 e. The molecule has 0 fully saturated rings. The predicted octanol–water partition coefficient (Wildman–Crippen LogP) is 4.07. The second-order valence-corrected chi connectivity index (χ2v) is 7.06. The number of hydrogen-bond donors (Lipinski definition) is 1. The van der Waals surface area contributed by atoms with Crippen LogP contribution in [-0.4, -0.2) is 19.1 Å². The summed E-state index contributed by atoms with van der Waals surface area (Å²) in [5.74, 6) is 0.916. The highest BCUT2D eigenvalue weighted by atomic mass is 79.9. The third kappa shape index (κ3) is 4.84. The van der Waals surface area contributed by atoms with E-state index in [1.54, 1.807) is 0 Å². The van der Waals surface area contributed by atoms with Crippen LogP contribution in [0.1, 0.15) is 29.5 Å². The van der Waals surface area contributed by atoms with Crippen LogP contribution >= 0.6 is 15.9 Å². The lowest BCUT2D eigenvalue weighted by Gasteiger charge is -2.17. The Morgan fingerprint density at radius 1 is 1.08 bits per heavy atom. The van der Waals surface area contributed by atoms with Gasteiger partial charge in [-0.2, -0.15) is 0 Å². The lowest BCUT2D eigenvalue weighted by atomic mass is 9.92. The summed E-state index contributed by atoms with van der Waals surface area (Å²) in [5, 5.41) is 2.90. The Kier molecular flexibility index (Phi) is 5.91. The van der Waals surface area contributed by atoms with E-state index in [-0.39, 0.29) is 5.91 Å². The van der Waals surface area contributed by atoms with Gasteiger partial charge in [0.15, 0.2) is 0 Å². The Morgan fingerprint density at radius 3 is 2.75 bits per heavy atom. The SMILES string of the molecule is O=C(Cc1cccc(Br)c1)NCCOc1ccc2c(c1)CCCC2. The molecule has 0 saturated carbocycles. The van der Waals surface area contributed by atoms with Crippen molar-refractivity contribution in [1.29, 1.82) is 0 Å². The monoisotopic (exact) mass is 387 g/mol. The fraction of sp³-hybridized carbons (Fsp3) is 0.350. The maximum atomic E-state index is 11.9. The minimum atomic E-state index is 0.0159. The largest absolute Gasteiger partial charge is 0.492 e. The second-order valence-electron chi connectivity index (χ2n) is 6.14. The molecule has 0 radical (unpaired) electrons. The summed E-state index contributed by atoms with van der Waals surface area (Å²) in [6.45, 7) is 1.01. The van der Waals surface area contributed by atoms with E-state index in [4.69, 9.17) is 4.74 Å². The first-order valence-corrected chi connectivity index (χ1v) is 9.26. The van der Waals surface area contributed by atoms with Gasteiger partial charge < -0.3 is 10.1 Å². The molecule has 4 heteroatoms. The van der Waals surface area contributed by atoms with Gasteiger partial charge in [0.25, 0.3) is 0 Å². The van der Waals surface area contributed by atoms with Gasteiger partial charge in [0, 0.05) is 4.47 Å². The van der Waals surface area contributed by atoms with Crippen molar-refractivity contribution < 1.29 is 9.53 Å². The van der Waals surface area contributed by atoms with Crippen LogP contribution in [0.15, 0.2) is 46.9 Å². The molecular formula is C20H22BrNO2. The first-order valence-electron chi connectivity index (χ1n) is 8.46. The predicted molar refractivity (Wildman–Crippen MR) is 99.4 cm³/mol. The number of halogens is 1. The number of ether oxygens (including phenoxy) is 1. The second kappa shape index (κ2) is 8.34. The summed E-state index contributed by atoms with van der Waals surface area (Å²) < 4.78 is 6.76. The quantitative estimate of drug-likeness (QED) is 0.758. The van der Waals surface area contributed by atoms with E-state index in [1.807, 2.05) is 30.3 Å². The molecule has 2 aromatic carbocycles. The molecule has 0 spiro atoms. The summed E-state index contributed by atoms with van der Waals surface area (Å²) in [6, 6.07) is 14.2. The third-order valence-corrected chi connectivity index (χ3v) is 4.76. The van der Waals surface area contributed by atoms with Crippen LogP contribution in [0.3, 0.4) is 0 Å². The summed E-state index contributed by atoms with van der Waals surface area (Å²) in [7, 11) is 0. The molecule has 126 valence electrons. The smallest absolute Gasteiger partial charge is 0.224 e. The number of fused-ring (bicyclic) bond motifs is 1. The molecule has 0 saturated heterocycles. The van der Waals surface area contributed by atoms with Gasteiger partial charge in [0.05, 0.1) is 13.0 Å². The van der Waals surface area contributed by atoms with E-state index < -0.39 is 0 Å². The molecule has 1 N–H and O–H groups in total. The Labute approximate surface area is 151 Å². The van der Waals surface area contributed by atoms with Crippen molar-refractivity contribution in [2.75, 3.05) is 13.2 Å². The normalized spacial score (nSPS) is 13.2. The number of amides is 1. The van der Waals surface area contributed by atoms with Crippen molar-refractivity contribution in [3.63, 3.8) is 0 Å². The molecule has 3 nitrogen and oxygen atoms in total. The molecule has 0 aromatic heterocycles. The van der Waals surface area contributed by atoms with Crippen LogP contribution in [0.5, 0.6) is 5.75 Å². The van der Waals surface area contributed by atoms with E-state index in [1.165, 1.54) is 30.4 Å². The highest BCUT2D eigenvalue weighted by Crippen LogP contribution is 2.25. The lowest BCUT2D eigenvalue weighted by Crippen LogP contribution is -2.29. The molecule has 0 heterocycles. The van der Waals surface area contributed by atoms with Crippen LogP contribution in [-0.2, 0) is 24.1 Å². The van der Waals surface area contributed by atoms with E-state index in [9.17, 15) is 4.79 Å². The fourth-order valence-electron chi connectivity index (χ4n) is 3.05. The zero-order valence-electron chi connectivity index (χ0n) is 13.7. The van der Waals surface area contributed by atoms with Crippen LogP contribution in [0, 0.1) is 0 Å². The lowest BCUT2D eigenvalue weighted by molar-refractivity contribution is -0.120. The molecule has 0 bridgehead atoms. The van der Waals surface area contributed by atoms with Crippen LogP contribution in [0.2, 0.25) is 0 Å². The fourth-order valence-corrected chi connectivity index (χ4v) is 3.50. The highest BCUT2D eigenvalue weighted by Gasteiger charge is 2.10. The van der Waals surface area contributed by atoms with Crippen molar-refractivity contribution in [3.05, 3.63) is 63.6 Å². The number of carbonyl (C=O) groups is 1. The first-order chi connectivity index (χ1) is 11.7. The Bertz CT molecular complexity index is 715. The van der Waals surface area contributed by atoms with Gasteiger partial charge in [-0.15, -0.1) is 0 Å². The van der Waals surface area contributed by atoms with Gasteiger partial charge in [0.2, 0.25) is 5.91 Å². The van der Waals surface area contributed by atoms with Gasteiger partial charge >= 0.3 is 0 Å². The van der Waals surface area contributed by atoms with Crippen molar-refractivity contribution in [2.45, 2.75) is 32.1 Å². The molecule has 3 rings (SSSR count). The summed E-state index contributed by atoms with van der Waals surface area (Å²) in [4.78, 5) is 11.9. The Hall–Kier alpha value is -1.81. The zero-order valence-corrected chi connectivity index (χ0v) is 15.3. The summed E-state index contributed by atoms with van der Waals surface area (Å²) in [5.41, 5.74) is 3.87. The van der Waals surface area contributed by atoms with Crippen molar-refractivity contribution in [1.82, 2.24) is 5.32 Å². The Balaban J connectivity index is 1.41. The minimum Gasteiger partial charge on any atom is -0.492 e. The average molecular weight is 388 g/mol. The van der Waals surface area contributed by atoms with Crippen molar-refractivity contribution >= 4 is 21.8 Å². The molecule has 2 aromatic rings. The Morgan fingerprint density at radius 2 is 1.92 bits per heavy atom. The zero-order chi connectivity index (χ0) is 16.8. The molecule has 0 aliphatic heterocycles. The molecule has 0 unspecified atom stereocenters. The number of hydrogen-bond acceptors (Lipinski definition) is 2. The minimum absolute atomic E-state index is 0.0159. The van der Waals surface area contributed by atoms with Gasteiger partial charge in [-0.05, 0) is 66.6 Å². The summed E-state index contributed by atoms with van der Waals surface area (Å²) >= 11 is 3.42. The van der Waals surface area contributed by atoms with E-state index >= 15 is 0 Å². The van der Waals surface area contributed by atoms with Crippen LogP contribution in [0.4, 0.5) is 0 Å². The highest BCUT2D eigenvalue weighted by molar-refractivity contribution is 9.10. The number of benzene rings is 2. The maximum absolute atomic E-state index is 11.9. The molecule has 1 aliphatic carbocycles. The first kappa shape index (κ1) is 17.0.